The van der Waals surface area contributed by atoms with Crippen molar-refractivity contribution in [1.82, 2.24) is 4.90 Å². The van der Waals surface area contributed by atoms with E-state index in [4.69, 9.17) is 16.3 Å². The molecule has 2 aromatic carbocycles. The molecule has 0 spiro atoms. The fourth-order valence-electron chi connectivity index (χ4n) is 2.82. The number of amides is 2. The first kappa shape index (κ1) is 16.7. The van der Waals surface area contributed by atoms with E-state index in [-0.39, 0.29) is 12.1 Å². The Bertz CT molecular complexity index is 712. The molecule has 0 radical (unpaired) electrons. The Balaban J connectivity index is 1.51. The van der Waals surface area contributed by atoms with Crippen molar-refractivity contribution in [3.05, 3.63) is 59.1 Å². The maximum absolute atomic E-state index is 12.4. The summed E-state index contributed by atoms with van der Waals surface area (Å²) in [7, 11) is 0. The highest BCUT2D eigenvalue weighted by atomic mass is 35.5. The zero-order valence-electron chi connectivity index (χ0n) is 13.7. The maximum Gasteiger partial charge on any atom is 0.321 e. The van der Waals surface area contributed by atoms with Crippen LogP contribution in [0.1, 0.15) is 18.4 Å². The molecule has 0 saturated carbocycles. The molecular weight excluding hydrogens is 324 g/mol. The van der Waals surface area contributed by atoms with Crippen LogP contribution >= 0.6 is 11.6 Å². The highest BCUT2D eigenvalue weighted by Gasteiger charge is 2.24. The second-order valence-corrected chi connectivity index (χ2v) is 6.44. The summed E-state index contributed by atoms with van der Waals surface area (Å²) in [5, 5.41) is 3.57. The van der Waals surface area contributed by atoms with Gasteiger partial charge >= 0.3 is 6.03 Å². The molecule has 1 N–H and O–H groups in total. The number of para-hydroxylation sites is 1. The number of carbonyl (C=O) groups excluding carboxylic acids is 1. The number of benzene rings is 2. The zero-order chi connectivity index (χ0) is 16.9. The van der Waals surface area contributed by atoms with Gasteiger partial charge in [-0.05, 0) is 36.8 Å². The van der Waals surface area contributed by atoms with Crippen molar-refractivity contribution in [3.63, 3.8) is 0 Å². The number of halogens is 1. The Morgan fingerprint density at radius 2 is 1.92 bits per heavy atom. The van der Waals surface area contributed by atoms with Crippen LogP contribution in [-0.2, 0) is 0 Å². The summed E-state index contributed by atoms with van der Waals surface area (Å²) in [6.45, 7) is 3.35. The number of carbonyl (C=O) groups is 1. The van der Waals surface area contributed by atoms with Crippen molar-refractivity contribution in [1.29, 1.82) is 0 Å². The van der Waals surface area contributed by atoms with Gasteiger partial charge in [0.1, 0.15) is 11.9 Å². The predicted molar refractivity (Wildman–Crippen MR) is 96.9 cm³/mol. The van der Waals surface area contributed by atoms with E-state index in [1.54, 1.807) is 0 Å². The van der Waals surface area contributed by atoms with Crippen molar-refractivity contribution in [3.8, 4) is 5.75 Å². The summed E-state index contributed by atoms with van der Waals surface area (Å²) in [5.41, 5.74) is 1.95. The molecule has 1 aliphatic heterocycles. The smallest absolute Gasteiger partial charge is 0.321 e. The molecular formula is C19H21ClN2O2. The van der Waals surface area contributed by atoms with E-state index in [9.17, 15) is 4.79 Å². The molecule has 1 fully saturated rings. The van der Waals surface area contributed by atoms with Crippen molar-refractivity contribution in [2.45, 2.75) is 25.9 Å². The minimum absolute atomic E-state index is 0.0585. The van der Waals surface area contributed by atoms with Crippen LogP contribution in [0.3, 0.4) is 0 Å². The molecule has 3 rings (SSSR count). The Hall–Kier alpha value is -2.20. The van der Waals surface area contributed by atoms with Crippen LogP contribution in [0, 0.1) is 6.92 Å². The number of piperidine rings is 1. The molecule has 0 bridgehead atoms. The van der Waals surface area contributed by atoms with Crippen LogP contribution in [-0.4, -0.2) is 30.1 Å². The van der Waals surface area contributed by atoms with E-state index in [0.717, 1.165) is 24.1 Å². The number of nitrogens with zero attached hydrogens (tertiary/aromatic N) is 1. The average molecular weight is 345 g/mol. The van der Waals surface area contributed by atoms with Gasteiger partial charge in [-0.3, -0.25) is 0 Å². The molecule has 24 heavy (non-hydrogen) atoms. The molecule has 1 aliphatic rings. The topological polar surface area (TPSA) is 41.6 Å². The van der Waals surface area contributed by atoms with Crippen molar-refractivity contribution in [2.24, 2.45) is 0 Å². The van der Waals surface area contributed by atoms with Gasteiger partial charge in [-0.1, -0.05) is 35.9 Å². The van der Waals surface area contributed by atoms with Crippen LogP contribution in [0.2, 0.25) is 5.02 Å². The van der Waals surface area contributed by atoms with E-state index in [1.165, 1.54) is 0 Å². The lowest BCUT2D eigenvalue weighted by molar-refractivity contribution is 0.115. The summed E-state index contributed by atoms with van der Waals surface area (Å²) < 4.78 is 5.96. The summed E-state index contributed by atoms with van der Waals surface area (Å²) in [6, 6.07) is 15.2. The SMILES string of the molecule is Cc1cccc(NC(=O)N2CCC(Oc3ccccc3Cl)CC2)c1. The highest BCUT2D eigenvalue weighted by Crippen LogP contribution is 2.26. The third-order valence-corrected chi connectivity index (χ3v) is 4.44. The van der Waals surface area contributed by atoms with E-state index < -0.39 is 0 Å². The van der Waals surface area contributed by atoms with Crippen molar-refractivity contribution < 1.29 is 9.53 Å². The van der Waals surface area contributed by atoms with E-state index in [0.29, 0.717) is 23.9 Å². The summed E-state index contributed by atoms with van der Waals surface area (Å²) in [5.74, 6) is 0.710. The van der Waals surface area contributed by atoms with Gasteiger partial charge in [0.25, 0.3) is 0 Å². The van der Waals surface area contributed by atoms with Crippen LogP contribution in [0.15, 0.2) is 48.5 Å². The lowest BCUT2D eigenvalue weighted by Crippen LogP contribution is -2.43. The van der Waals surface area contributed by atoms with Gasteiger partial charge in [0.15, 0.2) is 0 Å². The quantitative estimate of drug-likeness (QED) is 0.875. The Kier molecular flexibility index (Phi) is 5.26. The lowest BCUT2D eigenvalue weighted by Gasteiger charge is -2.32. The van der Waals surface area contributed by atoms with Crippen LogP contribution < -0.4 is 10.1 Å². The number of anilines is 1. The number of urea groups is 1. The maximum atomic E-state index is 12.4. The highest BCUT2D eigenvalue weighted by molar-refractivity contribution is 6.32. The fourth-order valence-corrected chi connectivity index (χ4v) is 3.00. The van der Waals surface area contributed by atoms with Gasteiger partial charge < -0.3 is 15.0 Å². The molecule has 0 aromatic heterocycles. The fraction of sp³-hybridized carbons (Fsp3) is 0.316. The second kappa shape index (κ2) is 7.58. The molecule has 2 amide bonds. The second-order valence-electron chi connectivity index (χ2n) is 6.03. The number of rotatable bonds is 3. The van der Waals surface area contributed by atoms with Crippen molar-refractivity contribution >= 4 is 23.3 Å². The molecule has 2 aromatic rings. The summed E-state index contributed by atoms with van der Waals surface area (Å²) in [6.07, 6.45) is 1.69. The van der Waals surface area contributed by atoms with Gasteiger partial charge in [-0.2, -0.15) is 0 Å². The molecule has 1 heterocycles. The number of hydrogen-bond donors (Lipinski definition) is 1. The summed E-state index contributed by atoms with van der Waals surface area (Å²) >= 11 is 6.13. The minimum Gasteiger partial charge on any atom is -0.489 e. The predicted octanol–water partition coefficient (Wildman–Crippen LogP) is 4.72. The van der Waals surface area contributed by atoms with Crippen LogP contribution in [0.25, 0.3) is 0 Å². The van der Waals surface area contributed by atoms with Crippen LogP contribution in [0.5, 0.6) is 5.75 Å². The van der Waals surface area contributed by atoms with Gasteiger partial charge in [0, 0.05) is 31.6 Å². The average Bonchev–Trinajstić information content (AvgIpc) is 2.57. The minimum atomic E-state index is -0.0585. The summed E-state index contributed by atoms with van der Waals surface area (Å²) in [4.78, 5) is 14.2. The molecule has 0 unspecified atom stereocenters. The first-order valence-electron chi connectivity index (χ1n) is 8.15. The normalized spacial score (nSPS) is 15.2. The van der Waals surface area contributed by atoms with Crippen LogP contribution in [0.4, 0.5) is 10.5 Å². The molecule has 4 nitrogen and oxygen atoms in total. The number of likely N-dealkylation sites (tertiary alicyclic amines) is 1. The Labute approximate surface area is 147 Å². The number of nitrogens with one attached hydrogen (secondary N) is 1. The largest absolute Gasteiger partial charge is 0.489 e. The Morgan fingerprint density at radius 1 is 1.17 bits per heavy atom. The third kappa shape index (κ3) is 4.20. The lowest BCUT2D eigenvalue weighted by atomic mass is 10.1. The van der Waals surface area contributed by atoms with E-state index in [2.05, 4.69) is 5.32 Å². The Morgan fingerprint density at radius 3 is 2.62 bits per heavy atom. The standard InChI is InChI=1S/C19H21ClN2O2/c1-14-5-4-6-15(13-14)21-19(23)22-11-9-16(10-12-22)24-18-8-3-2-7-17(18)20/h2-8,13,16H,9-12H2,1H3,(H,21,23). The van der Waals surface area contributed by atoms with Crippen molar-refractivity contribution in [2.75, 3.05) is 18.4 Å². The molecule has 5 heteroatoms. The van der Waals surface area contributed by atoms with Gasteiger partial charge in [0.2, 0.25) is 0 Å². The monoisotopic (exact) mass is 344 g/mol. The number of aryl methyl sites for hydroxylation is 1. The first-order chi connectivity index (χ1) is 11.6. The van der Waals surface area contributed by atoms with Gasteiger partial charge in [-0.15, -0.1) is 0 Å². The van der Waals surface area contributed by atoms with E-state index >= 15 is 0 Å². The molecule has 1 saturated heterocycles. The molecule has 0 atom stereocenters. The van der Waals surface area contributed by atoms with E-state index in [1.807, 2.05) is 60.4 Å². The number of hydrogen-bond acceptors (Lipinski definition) is 2. The van der Waals surface area contributed by atoms with Gasteiger partial charge in [0.05, 0.1) is 5.02 Å². The van der Waals surface area contributed by atoms with Gasteiger partial charge in [-0.25, -0.2) is 4.79 Å². The molecule has 0 aliphatic carbocycles. The number of ether oxygens (including phenoxy) is 1. The zero-order valence-corrected chi connectivity index (χ0v) is 14.4. The molecule has 126 valence electrons. The third-order valence-electron chi connectivity index (χ3n) is 4.13. The first-order valence-corrected chi connectivity index (χ1v) is 8.53.